The summed E-state index contributed by atoms with van der Waals surface area (Å²) < 4.78 is 1.04. The van der Waals surface area contributed by atoms with E-state index in [-0.39, 0.29) is 0 Å². The largest absolute Gasteiger partial charge is 0.388 e. The van der Waals surface area contributed by atoms with Gasteiger partial charge in [0.05, 0.1) is 6.10 Å². The molecule has 0 radical (unpaired) electrons. The fourth-order valence-electron chi connectivity index (χ4n) is 2.36. The third-order valence-electron chi connectivity index (χ3n) is 3.40. The van der Waals surface area contributed by atoms with Crippen molar-refractivity contribution in [1.82, 2.24) is 4.98 Å². The molecule has 3 aromatic rings. The maximum absolute atomic E-state index is 10.5. The Morgan fingerprint density at radius 1 is 1.00 bits per heavy atom. The molecule has 0 aliphatic heterocycles. The van der Waals surface area contributed by atoms with Gasteiger partial charge >= 0.3 is 0 Å². The van der Waals surface area contributed by atoms with Gasteiger partial charge in [0.15, 0.2) is 0 Å². The Morgan fingerprint density at radius 3 is 2.55 bits per heavy atom. The summed E-state index contributed by atoms with van der Waals surface area (Å²) >= 11 is 3.42. The van der Waals surface area contributed by atoms with E-state index in [0.29, 0.717) is 6.42 Å². The molecule has 3 heteroatoms. The predicted molar refractivity (Wildman–Crippen MR) is 84.5 cm³/mol. The zero-order valence-electron chi connectivity index (χ0n) is 10.8. The molecule has 2 nitrogen and oxygen atoms in total. The Labute approximate surface area is 126 Å². The van der Waals surface area contributed by atoms with E-state index in [4.69, 9.17) is 0 Å². The van der Waals surface area contributed by atoms with Gasteiger partial charge in [-0.2, -0.15) is 0 Å². The minimum Gasteiger partial charge on any atom is -0.388 e. The summed E-state index contributed by atoms with van der Waals surface area (Å²) in [5.74, 6) is 0. The molecule has 0 saturated carbocycles. The third kappa shape index (κ3) is 2.74. The van der Waals surface area contributed by atoms with Crippen LogP contribution in [0.25, 0.3) is 10.8 Å². The van der Waals surface area contributed by atoms with E-state index >= 15 is 0 Å². The van der Waals surface area contributed by atoms with Gasteiger partial charge in [-0.15, -0.1) is 0 Å². The lowest BCUT2D eigenvalue weighted by molar-refractivity contribution is 0.179. The molecule has 0 aliphatic rings. The third-order valence-corrected chi connectivity index (χ3v) is 3.93. The normalized spacial score (nSPS) is 12.5. The summed E-state index contributed by atoms with van der Waals surface area (Å²) in [6, 6.07) is 16.0. The molecule has 1 unspecified atom stereocenters. The van der Waals surface area contributed by atoms with Crippen LogP contribution in [0.4, 0.5) is 0 Å². The first-order valence-corrected chi connectivity index (χ1v) is 7.28. The number of aliphatic hydroxyl groups excluding tert-OH is 1. The van der Waals surface area contributed by atoms with Crippen molar-refractivity contribution in [2.45, 2.75) is 12.5 Å². The van der Waals surface area contributed by atoms with E-state index in [2.05, 4.69) is 20.9 Å². The molecule has 0 saturated heterocycles. The number of aromatic nitrogens is 1. The summed E-state index contributed by atoms with van der Waals surface area (Å²) in [6.07, 6.45) is 3.62. The lowest BCUT2D eigenvalue weighted by Gasteiger charge is -2.13. The first-order valence-electron chi connectivity index (χ1n) is 6.49. The molecule has 0 aliphatic carbocycles. The highest BCUT2D eigenvalue weighted by Gasteiger charge is 2.12. The van der Waals surface area contributed by atoms with Crippen molar-refractivity contribution in [1.29, 1.82) is 0 Å². The number of pyridine rings is 1. The summed E-state index contributed by atoms with van der Waals surface area (Å²) in [5.41, 5.74) is 1.99. The molecular weight excluding hydrogens is 314 g/mol. The zero-order chi connectivity index (χ0) is 13.9. The number of halogens is 1. The fourth-order valence-corrected chi connectivity index (χ4v) is 2.62. The smallest absolute Gasteiger partial charge is 0.0851 e. The molecule has 1 N–H and O–H groups in total. The van der Waals surface area contributed by atoms with Crippen molar-refractivity contribution in [2.24, 2.45) is 0 Å². The second-order valence-corrected chi connectivity index (χ2v) is 5.71. The van der Waals surface area contributed by atoms with Crippen LogP contribution in [0.1, 0.15) is 17.2 Å². The Morgan fingerprint density at radius 2 is 1.75 bits per heavy atom. The van der Waals surface area contributed by atoms with Gasteiger partial charge in [0.1, 0.15) is 0 Å². The van der Waals surface area contributed by atoms with Crippen LogP contribution in [0.2, 0.25) is 0 Å². The average Bonchev–Trinajstić information content (AvgIpc) is 2.49. The van der Waals surface area contributed by atoms with Crippen LogP contribution in [0, 0.1) is 0 Å². The van der Waals surface area contributed by atoms with Crippen molar-refractivity contribution >= 4 is 26.7 Å². The minimum absolute atomic E-state index is 0.547. The quantitative estimate of drug-likeness (QED) is 0.779. The molecular formula is C17H14BrNO. The average molecular weight is 328 g/mol. The van der Waals surface area contributed by atoms with Crippen LogP contribution < -0.4 is 0 Å². The molecule has 1 atom stereocenters. The van der Waals surface area contributed by atoms with Crippen molar-refractivity contribution in [3.63, 3.8) is 0 Å². The summed E-state index contributed by atoms with van der Waals surface area (Å²) in [7, 11) is 0. The van der Waals surface area contributed by atoms with Crippen LogP contribution in [0.3, 0.4) is 0 Å². The van der Waals surface area contributed by atoms with Gasteiger partial charge in [-0.25, -0.2) is 0 Å². The zero-order valence-corrected chi connectivity index (χ0v) is 12.4. The first-order chi connectivity index (χ1) is 9.74. The highest BCUT2D eigenvalue weighted by molar-refractivity contribution is 9.10. The van der Waals surface area contributed by atoms with Gasteiger partial charge in [-0.05, 0) is 23.1 Å². The molecule has 0 amide bonds. The second kappa shape index (κ2) is 5.73. The molecule has 3 rings (SSSR count). The number of fused-ring (bicyclic) bond motifs is 1. The number of benzene rings is 2. The second-order valence-electron chi connectivity index (χ2n) is 4.80. The molecule has 0 bridgehead atoms. The predicted octanol–water partition coefficient (Wildman–Crippen LogP) is 4.27. The van der Waals surface area contributed by atoms with Crippen molar-refractivity contribution in [3.05, 3.63) is 76.5 Å². The van der Waals surface area contributed by atoms with Gasteiger partial charge in [-0.1, -0.05) is 52.3 Å². The van der Waals surface area contributed by atoms with Crippen LogP contribution in [0.5, 0.6) is 0 Å². The van der Waals surface area contributed by atoms with Crippen LogP contribution in [-0.4, -0.2) is 10.1 Å². The van der Waals surface area contributed by atoms with Crippen molar-refractivity contribution < 1.29 is 5.11 Å². The van der Waals surface area contributed by atoms with Crippen LogP contribution in [-0.2, 0) is 6.42 Å². The Hall–Kier alpha value is -1.71. The lowest BCUT2D eigenvalue weighted by atomic mass is 9.98. The Kier molecular flexibility index (Phi) is 3.81. The van der Waals surface area contributed by atoms with E-state index < -0.39 is 6.10 Å². The van der Waals surface area contributed by atoms with Gasteiger partial charge in [0, 0.05) is 34.2 Å². The lowest BCUT2D eigenvalue weighted by Crippen LogP contribution is -2.03. The molecule has 0 spiro atoms. The van der Waals surface area contributed by atoms with E-state index in [1.165, 1.54) is 0 Å². The number of rotatable bonds is 3. The minimum atomic E-state index is -0.547. The van der Waals surface area contributed by atoms with E-state index in [1.54, 1.807) is 6.20 Å². The highest BCUT2D eigenvalue weighted by Crippen LogP contribution is 2.26. The molecule has 100 valence electrons. The van der Waals surface area contributed by atoms with Crippen LogP contribution in [0.15, 0.2) is 65.4 Å². The SMILES string of the molecule is OC(Cc1ccc(Br)cc1)c1cncc2ccccc12. The van der Waals surface area contributed by atoms with E-state index in [1.807, 2.05) is 54.7 Å². The molecule has 1 aromatic heterocycles. The highest BCUT2D eigenvalue weighted by atomic mass is 79.9. The maximum atomic E-state index is 10.5. The van der Waals surface area contributed by atoms with Crippen molar-refractivity contribution in [3.8, 4) is 0 Å². The molecule has 0 fully saturated rings. The fraction of sp³-hybridized carbons (Fsp3) is 0.118. The molecule has 1 heterocycles. The van der Waals surface area contributed by atoms with Crippen molar-refractivity contribution in [2.75, 3.05) is 0 Å². The maximum Gasteiger partial charge on any atom is 0.0851 e. The summed E-state index contributed by atoms with van der Waals surface area (Å²) in [5, 5.41) is 12.6. The Balaban J connectivity index is 1.92. The Bertz CT molecular complexity index is 719. The standard InChI is InChI=1S/C17H14BrNO/c18-14-7-5-12(6-8-14)9-17(20)16-11-19-10-13-3-1-2-4-15(13)16/h1-8,10-11,17,20H,9H2. The van der Waals surface area contributed by atoms with Gasteiger partial charge in [0.2, 0.25) is 0 Å². The molecule has 2 aromatic carbocycles. The number of hydrogen-bond acceptors (Lipinski definition) is 2. The summed E-state index contributed by atoms with van der Waals surface area (Å²) in [4.78, 5) is 4.22. The number of hydrogen-bond donors (Lipinski definition) is 1. The number of nitrogens with zero attached hydrogens (tertiary/aromatic N) is 1. The number of aliphatic hydroxyl groups is 1. The van der Waals surface area contributed by atoms with E-state index in [0.717, 1.165) is 26.4 Å². The van der Waals surface area contributed by atoms with E-state index in [9.17, 15) is 5.11 Å². The monoisotopic (exact) mass is 327 g/mol. The van der Waals surface area contributed by atoms with Crippen LogP contribution >= 0.6 is 15.9 Å². The van der Waals surface area contributed by atoms with Gasteiger partial charge < -0.3 is 5.11 Å². The summed E-state index contributed by atoms with van der Waals surface area (Å²) in [6.45, 7) is 0. The van der Waals surface area contributed by atoms with Gasteiger partial charge in [-0.3, -0.25) is 4.98 Å². The first kappa shape index (κ1) is 13.3. The topological polar surface area (TPSA) is 33.1 Å². The van der Waals surface area contributed by atoms with Gasteiger partial charge in [0.25, 0.3) is 0 Å². The molecule has 20 heavy (non-hydrogen) atoms.